The lowest BCUT2D eigenvalue weighted by Crippen LogP contribution is -2.32. The highest BCUT2D eigenvalue weighted by Crippen LogP contribution is 2.44. The highest BCUT2D eigenvalue weighted by Gasteiger charge is 2.43. The van der Waals surface area contributed by atoms with Gasteiger partial charge in [0.25, 0.3) is 5.69 Å². The predicted octanol–water partition coefficient (Wildman–Crippen LogP) is 0.646. The summed E-state index contributed by atoms with van der Waals surface area (Å²) in [7, 11) is -3.94. The van der Waals surface area contributed by atoms with Gasteiger partial charge in [-0.15, -0.1) is 0 Å². The van der Waals surface area contributed by atoms with Crippen molar-refractivity contribution in [1.82, 2.24) is 4.72 Å². The highest BCUT2D eigenvalue weighted by molar-refractivity contribution is 7.89. The van der Waals surface area contributed by atoms with Gasteiger partial charge in [-0.25, -0.2) is 13.1 Å². The summed E-state index contributed by atoms with van der Waals surface area (Å²) in [6, 6.07) is 5.18. The minimum atomic E-state index is -3.94. The second-order valence-corrected chi connectivity index (χ2v) is 6.44. The van der Waals surface area contributed by atoms with Gasteiger partial charge < -0.3 is 5.11 Å². The van der Waals surface area contributed by atoms with Crippen molar-refractivity contribution in [2.24, 2.45) is 5.41 Å². The molecule has 0 heterocycles. The fourth-order valence-corrected chi connectivity index (χ4v) is 3.06. The van der Waals surface area contributed by atoms with E-state index in [1.165, 1.54) is 18.2 Å². The van der Waals surface area contributed by atoms with Crippen LogP contribution in [-0.4, -0.2) is 31.6 Å². The molecular formula is C11H14N2O5S. The Morgan fingerprint density at radius 3 is 2.53 bits per heavy atom. The molecule has 0 spiro atoms. The molecule has 0 radical (unpaired) electrons. The van der Waals surface area contributed by atoms with Crippen molar-refractivity contribution < 1.29 is 18.4 Å². The molecule has 8 heteroatoms. The van der Waals surface area contributed by atoms with Crippen LogP contribution in [0.15, 0.2) is 29.2 Å². The molecule has 1 aliphatic carbocycles. The number of aliphatic hydroxyl groups excluding tert-OH is 1. The number of sulfonamides is 1. The molecule has 0 unspecified atom stereocenters. The van der Waals surface area contributed by atoms with Gasteiger partial charge in [0.05, 0.1) is 4.92 Å². The average molecular weight is 286 g/mol. The van der Waals surface area contributed by atoms with Crippen LogP contribution >= 0.6 is 0 Å². The summed E-state index contributed by atoms with van der Waals surface area (Å²) in [5.41, 5.74) is -0.847. The van der Waals surface area contributed by atoms with E-state index in [0.29, 0.717) is 0 Å². The molecule has 0 bridgehead atoms. The summed E-state index contributed by atoms with van der Waals surface area (Å²) in [5.74, 6) is 0. The monoisotopic (exact) mass is 286 g/mol. The van der Waals surface area contributed by atoms with Gasteiger partial charge in [-0.1, -0.05) is 12.1 Å². The number of benzene rings is 1. The standard InChI is InChI=1S/C11H14N2O5S/c14-8-11(5-6-11)7-12-19(17,18)10-4-2-1-3-9(10)13(15)16/h1-4,12,14H,5-8H2. The van der Waals surface area contributed by atoms with Gasteiger partial charge in [0.15, 0.2) is 4.90 Å². The van der Waals surface area contributed by atoms with Gasteiger partial charge in [-0.05, 0) is 18.9 Å². The maximum atomic E-state index is 12.1. The van der Waals surface area contributed by atoms with E-state index in [4.69, 9.17) is 5.11 Å². The van der Waals surface area contributed by atoms with Crippen molar-refractivity contribution in [2.75, 3.05) is 13.2 Å². The third-order valence-electron chi connectivity index (χ3n) is 3.28. The second-order valence-electron chi connectivity index (χ2n) is 4.71. The van der Waals surface area contributed by atoms with Crippen LogP contribution in [0.1, 0.15) is 12.8 Å². The molecule has 1 aromatic rings. The number of nitro benzene ring substituents is 1. The number of aliphatic hydroxyl groups is 1. The molecule has 1 aliphatic rings. The predicted molar refractivity (Wildman–Crippen MR) is 67.0 cm³/mol. The van der Waals surface area contributed by atoms with Gasteiger partial charge in [0.2, 0.25) is 10.0 Å². The Balaban J connectivity index is 2.22. The fourth-order valence-electron chi connectivity index (χ4n) is 1.73. The molecule has 7 nitrogen and oxygen atoms in total. The number of hydrogen-bond donors (Lipinski definition) is 2. The van der Waals surface area contributed by atoms with Crippen molar-refractivity contribution in [3.8, 4) is 0 Å². The summed E-state index contributed by atoms with van der Waals surface area (Å²) in [4.78, 5) is 9.73. The van der Waals surface area contributed by atoms with Crippen LogP contribution in [0, 0.1) is 15.5 Å². The van der Waals surface area contributed by atoms with E-state index in [0.717, 1.165) is 18.9 Å². The highest BCUT2D eigenvalue weighted by atomic mass is 32.2. The summed E-state index contributed by atoms with van der Waals surface area (Å²) in [6.45, 7) is 0.00425. The average Bonchev–Trinajstić information content (AvgIpc) is 3.17. The first-order valence-electron chi connectivity index (χ1n) is 5.74. The zero-order chi connectivity index (χ0) is 14.1. The Morgan fingerprint density at radius 2 is 2.00 bits per heavy atom. The van der Waals surface area contributed by atoms with Crippen molar-refractivity contribution in [3.63, 3.8) is 0 Å². The first-order chi connectivity index (χ1) is 8.90. The zero-order valence-corrected chi connectivity index (χ0v) is 10.9. The number of hydrogen-bond acceptors (Lipinski definition) is 5. The van der Waals surface area contributed by atoms with Gasteiger partial charge in [0.1, 0.15) is 0 Å². The Morgan fingerprint density at radius 1 is 1.37 bits per heavy atom. The van der Waals surface area contributed by atoms with Crippen molar-refractivity contribution >= 4 is 15.7 Å². The van der Waals surface area contributed by atoms with Crippen molar-refractivity contribution in [2.45, 2.75) is 17.7 Å². The van der Waals surface area contributed by atoms with E-state index < -0.39 is 26.0 Å². The summed E-state index contributed by atoms with van der Waals surface area (Å²) < 4.78 is 26.4. The first kappa shape index (κ1) is 13.9. The van der Waals surface area contributed by atoms with Crippen LogP contribution in [-0.2, 0) is 10.0 Å². The first-order valence-corrected chi connectivity index (χ1v) is 7.22. The number of nitrogens with zero attached hydrogens (tertiary/aromatic N) is 1. The SMILES string of the molecule is O=[N+]([O-])c1ccccc1S(=O)(=O)NCC1(CO)CC1. The second kappa shape index (κ2) is 4.87. The van der Waals surface area contributed by atoms with E-state index >= 15 is 0 Å². The Labute approximate surface area is 110 Å². The molecule has 104 valence electrons. The summed E-state index contributed by atoms with van der Waals surface area (Å²) in [5, 5.41) is 19.9. The third-order valence-corrected chi connectivity index (χ3v) is 4.73. The van der Waals surface area contributed by atoms with Crippen molar-refractivity contribution in [3.05, 3.63) is 34.4 Å². The van der Waals surface area contributed by atoms with E-state index in [-0.39, 0.29) is 18.0 Å². The number of rotatable bonds is 6. The Kier molecular flexibility index (Phi) is 3.57. The molecule has 0 amide bonds. The van der Waals surface area contributed by atoms with Gasteiger partial charge in [0, 0.05) is 24.6 Å². The van der Waals surface area contributed by atoms with E-state index in [9.17, 15) is 18.5 Å². The minimum absolute atomic E-state index is 0.0909. The molecule has 0 saturated heterocycles. The van der Waals surface area contributed by atoms with E-state index in [2.05, 4.69) is 4.72 Å². The van der Waals surface area contributed by atoms with Crippen LogP contribution in [0.4, 0.5) is 5.69 Å². The van der Waals surface area contributed by atoms with E-state index in [1.807, 2.05) is 0 Å². The van der Waals surface area contributed by atoms with Crippen LogP contribution in [0.2, 0.25) is 0 Å². The molecule has 2 N–H and O–H groups in total. The maximum Gasteiger partial charge on any atom is 0.289 e. The van der Waals surface area contributed by atoms with Gasteiger partial charge in [-0.2, -0.15) is 0 Å². The number of nitrogens with one attached hydrogen (secondary N) is 1. The van der Waals surface area contributed by atoms with Gasteiger partial charge in [-0.3, -0.25) is 10.1 Å². The lowest BCUT2D eigenvalue weighted by atomic mass is 10.1. The van der Waals surface area contributed by atoms with Crippen LogP contribution in [0.5, 0.6) is 0 Å². The quantitative estimate of drug-likeness (QED) is 0.589. The molecular weight excluding hydrogens is 272 g/mol. The topological polar surface area (TPSA) is 110 Å². The summed E-state index contributed by atoms with van der Waals surface area (Å²) in [6.07, 6.45) is 1.51. The largest absolute Gasteiger partial charge is 0.396 e. The van der Waals surface area contributed by atoms with Gasteiger partial charge >= 0.3 is 0 Å². The molecule has 1 saturated carbocycles. The molecule has 0 atom stereocenters. The fraction of sp³-hybridized carbons (Fsp3) is 0.455. The smallest absolute Gasteiger partial charge is 0.289 e. The molecule has 1 fully saturated rings. The molecule has 0 aromatic heterocycles. The lowest BCUT2D eigenvalue weighted by molar-refractivity contribution is -0.387. The number of para-hydroxylation sites is 1. The van der Waals surface area contributed by atoms with Crippen molar-refractivity contribution in [1.29, 1.82) is 0 Å². The Bertz CT molecular complexity index is 595. The molecule has 19 heavy (non-hydrogen) atoms. The summed E-state index contributed by atoms with van der Waals surface area (Å²) >= 11 is 0. The third kappa shape index (κ3) is 2.91. The molecule has 1 aromatic carbocycles. The molecule has 0 aliphatic heterocycles. The number of nitro groups is 1. The Hall–Kier alpha value is -1.51. The lowest BCUT2D eigenvalue weighted by Gasteiger charge is -2.13. The van der Waals surface area contributed by atoms with Crippen LogP contribution in [0.25, 0.3) is 0 Å². The zero-order valence-electron chi connectivity index (χ0n) is 10.1. The van der Waals surface area contributed by atoms with Crippen LogP contribution < -0.4 is 4.72 Å². The molecule has 2 rings (SSSR count). The van der Waals surface area contributed by atoms with Crippen LogP contribution in [0.3, 0.4) is 0 Å². The minimum Gasteiger partial charge on any atom is -0.396 e. The van der Waals surface area contributed by atoms with E-state index in [1.54, 1.807) is 0 Å². The maximum absolute atomic E-state index is 12.1. The normalized spacial score (nSPS) is 17.1.